The van der Waals surface area contributed by atoms with Gasteiger partial charge in [0.05, 0.1) is 6.42 Å². The third-order valence-electron chi connectivity index (χ3n) is 0.833. The highest BCUT2D eigenvalue weighted by Crippen LogP contribution is 1.94. The second kappa shape index (κ2) is 10.2. The molecular weight excluding hydrogens is 115 g/mol. The van der Waals surface area contributed by atoms with E-state index in [0.717, 1.165) is 25.7 Å². The Morgan fingerprint density at radius 1 is 1.50 bits per heavy atom. The van der Waals surface area contributed by atoms with Crippen LogP contribution in [-0.2, 0) is 0 Å². The minimum absolute atomic E-state index is 0. The first kappa shape index (κ1) is 11.1. The van der Waals surface area contributed by atoms with Crippen LogP contribution >= 0.6 is 0 Å². The van der Waals surface area contributed by atoms with Gasteiger partial charge in [-0.05, 0) is 6.42 Å². The fourth-order valence-electron chi connectivity index (χ4n) is 0.412. The molecule has 0 saturated heterocycles. The normalized spacial score (nSPS) is 7.62. The van der Waals surface area contributed by atoms with Gasteiger partial charge < -0.3 is 6.92 Å². The summed E-state index contributed by atoms with van der Waals surface area (Å²) in [6.07, 6.45) is 5.19. The molecule has 1 nitrogen and oxygen atoms in total. The summed E-state index contributed by atoms with van der Waals surface area (Å²) >= 11 is 0. The van der Waals surface area contributed by atoms with Crippen LogP contribution in [0.5, 0.6) is 0 Å². The lowest BCUT2D eigenvalue weighted by Crippen LogP contribution is -1.74. The second-order valence-electron chi connectivity index (χ2n) is 1.53. The standard InChI is InChI=1S/C6H11O.Al.H2/c1-2-3-4-5-6-7;;/h6H,1-5H2;;1H/q-1;;/p+1. The lowest BCUT2D eigenvalue weighted by atomic mass is 10.2. The predicted octanol–water partition coefficient (Wildman–Crippen LogP) is 1.42. The molecule has 1 N–H and O–H groups in total. The van der Waals surface area contributed by atoms with Gasteiger partial charge >= 0.3 is 0 Å². The molecule has 0 rings (SSSR count). The van der Waals surface area contributed by atoms with E-state index in [1.165, 1.54) is 6.29 Å². The van der Waals surface area contributed by atoms with Crippen molar-refractivity contribution in [1.82, 2.24) is 0 Å². The van der Waals surface area contributed by atoms with Crippen LogP contribution in [0.25, 0.3) is 0 Å². The Morgan fingerprint density at radius 2 is 2.12 bits per heavy atom. The minimum Gasteiger partial charge on any atom is -0.343 e. The van der Waals surface area contributed by atoms with Crippen LogP contribution < -0.4 is 0 Å². The van der Waals surface area contributed by atoms with Crippen LogP contribution in [0, 0.1) is 6.92 Å². The third-order valence-corrected chi connectivity index (χ3v) is 0.833. The average Bonchev–Trinajstić information content (AvgIpc) is 1.69. The monoisotopic (exact) mass is 129 g/mol. The fraction of sp³-hybridized carbons (Fsp3) is 0.667. The summed E-state index contributed by atoms with van der Waals surface area (Å²) in [5.74, 6) is 0. The number of hydrogen-bond donors (Lipinski definition) is 0. The Kier molecular flexibility index (Phi) is 14.2. The van der Waals surface area contributed by atoms with Gasteiger partial charge in [0.1, 0.15) is 0 Å². The van der Waals surface area contributed by atoms with E-state index in [9.17, 15) is 0 Å². The first-order valence-electron chi connectivity index (χ1n) is 2.67. The highest BCUT2D eigenvalue weighted by atomic mass is 27.0. The molecule has 0 aliphatic heterocycles. The van der Waals surface area contributed by atoms with E-state index >= 15 is 0 Å². The average molecular weight is 129 g/mol. The maximum Gasteiger partial charge on any atom is 0.281 e. The van der Waals surface area contributed by atoms with Crippen LogP contribution in [0.15, 0.2) is 0 Å². The van der Waals surface area contributed by atoms with Crippen LogP contribution in [0.3, 0.4) is 0 Å². The smallest absolute Gasteiger partial charge is 0.281 e. The zero-order valence-electron chi connectivity index (χ0n) is 5.14. The zero-order chi connectivity index (χ0) is 5.54. The molecule has 0 spiro atoms. The van der Waals surface area contributed by atoms with Crippen LogP contribution in [0.1, 0.15) is 27.1 Å². The van der Waals surface area contributed by atoms with Crippen molar-refractivity contribution in [2.45, 2.75) is 25.7 Å². The maximum atomic E-state index is 8.15. The van der Waals surface area contributed by atoms with Crippen molar-refractivity contribution < 1.29 is 6.22 Å². The van der Waals surface area contributed by atoms with Gasteiger partial charge in [-0.1, -0.05) is 6.42 Å². The SMILES string of the molecule is [Al].[CH2-]CCCCC=[OH+].[HH]. The number of hydrogen-bond acceptors (Lipinski definition) is 0. The molecule has 0 atom stereocenters. The molecular formula is C6H14AlO. The number of carbonyl (C=O) groups excluding carboxylic acids is 1. The van der Waals surface area contributed by atoms with Crippen molar-refractivity contribution in [2.24, 2.45) is 0 Å². The van der Waals surface area contributed by atoms with Gasteiger partial charge in [-0.3, -0.25) is 4.79 Å². The highest BCUT2D eigenvalue weighted by Gasteiger charge is 1.81. The predicted molar refractivity (Wildman–Crippen MR) is 39.7 cm³/mol. The molecule has 0 aliphatic rings. The van der Waals surface area contributed by atoms with Crippen molar-refractivity contribution in [3.05, 3.63) is 6.92 Å². The van der Waals surface area contributed by atoms with Crippen molar-refractivity contribution in [2.75, 3.05) is 0 Å². The molecule has 0 fully saturated rings. The van der Waals surface area contributed by atoms with Gasteiger partial charge in [-0.25, -0.2) is 0 Å². The van der Waals surface area contributed by atoms with Crippen molar-refractivity contribution >= 4 is 23.6 Å². The van der Waals surface area contributed by atoms with Gasteiger partial charge in [-0.2, -0.15) is 6.42 Å². The number of aldehydes is 1. The second-order valence-corrected chi connectivity index (χ2v) is 1.53. The molecule has 0 bridgehead atoms. The Hall–Kier alpha value is 0.202. The highest BCUT2D eigenvalue weighted by molar-refractivity contribution is 5.75. The van der Waals surface area contributed by atoms with E-state index in [4.69, 9.17) is 4.79 Å². The summed E-state index contributed by atoms with van der Waals surface area (Å²) in [6, 6.07) is 0. The Labute approximate surface area is 63.1 Å². The summed E-state index contributed by atoms with van der Waals surface area (Å²) in [6.45, 7) is 3.66. The van der Waals surface area contributed by atoms with Crippen LogP contribution in [0.2, 0.25) is 0 Å². The molecule has 8 heavy (non-hydrogen) atoms. The van der Waals surface area contributed by atoms with E-state index in [1.807, 2.05) is 0 Å². The summed E-state index contributed by atoms with van der Waals surface area (Å²) in [5, 5.41) is 0. The largest absolute Gasteiger partial charge is 0.343 e. The van der Waals surface area contributed by atoms with Gasteiger partial charge in [0, 0.05) is 18.8 Å². The zero-order valence-corrected chi connectivity index (χ0v) is 6.29. The van der Waals surface area contributed by atoms with E-state index in [0.29, 0.717) is 0 Å². The number of unbranched alkanes of at least 4 members (excludes halogenated alkanes) is 3. The molecule has 0 aliphatic carbocycles. The molecule has 0 aromatic rings. The van der Waals surface area contributed by atoms with E-state index in [2.05, 4.69) is 6.92 Å². The first-order chi connectivity index (χ1) is 3.41. The Bertz CT molecular complexity index is 50.3. The topological polar surface area (TPSA) is 21.4 Å². The fourth-order valence-corrected chi connectivity index (χ4v) is 0.412. The summed E-state index contributed by atoms with van der Waals surface area (Å²) in [4.78, 5) is 8.15. The van der Waals surface area contributed by atoms with Crippen molar-refractivity contribution in [3.63, 3.8) is 0 Å². The summed E-state index contributed by atoms with van der Waals surface area (Å²) < 4.78 is 0. The first-order valence-corrected chi connectivity index (χ1v) is 2.67. The van der Waals surface area contributed by atoms with Crippen LogP contribution in [-0.4, -0.2) is 28.4 Å². The van der Waals surface area contributed by atoms with Gasteiger partial charge in [0.15, 0.2) is 0 Å². The van der Waals surface area contributed by atoms with Gasteiger partial charge in [0.2, 0.25) is 0 Å². The van der Waals surface area contributed by atoms with E-state index in [1.54, 1.807) is 0 Å². The number of rotatable bonds is 4. The molecule has 0 aromatic carbocycles. The summed E-state index contributed by atoms with van der Waals surface area (Å²) in [7, 11) is 0. The maximum absolute atomic E-state index is 8.15. The minimum atomic E-state index is 0. The quantitative estimate of drug-likeness (QED) is 0.180. The van der Waals surface area contributed by atoms with Crippen molar-refractivity contribution in [1.29, 1.82) is 0 Å². The van der Waals surface area contributed by atoms with Gasteiger partial charge in [0.25, 0.3) is 6.29 Å². The molecule has 3 radical (unpaired) electrons. The van der Waals surface area contributed by atoms with Crippen LogP contribution in [0.4, 0.5) is 0 Å². The molecule has 2 heteroatoms. The molecule has 0 saturated carbocycles. The Balaban J connectivity index is -0.000000180. The van der Waals surface area contributed by atoms with E-state index < -0.39 is 0 Å². The lowest BCUT2D eigenvalue weighted by Gasteiger charge is -1.89. The lowest BCUT2D eigenvalue weighted by molar-refractivity contribution is 0.663. The molecule has 0 amide bonds. The third kappa shape index (κ3) is 9.51. The van der Waals surface area contributed by atoms with E-state index in [-0.39, 0.29) is 18.8 Å². The molecule has 47 valence electrons. The molecule has 0 aromatic heterocycles. The summed E-state index contributed by atoms with van der Waals surface area (Å²) in [5.41, 5.74) is 0. The van der Waals surface area contributed by atoms with Crippen molar-refractivity contribution in [3.8, 4) is 0 Å². The Morgan fingerprint density at radius 3 is 2.50 bits per heavy atom. The molecule has 0 unspecified atom stereocenters. The molecule has 0 heterocycles. The van der Waals surface area contributed by atoms with Gasteiger partial charge in [-0.15, -0.1) is 0 Å².